The van der Waals surface area contributed by atoms with E-state index in [1.54, 1.807) is 28.6 Å². The van der Waals surface area contributed by atoms with Crippen molar-refractivity contribution in [1.82, 2.24) is 9.62 Å². The van der Waals surface area contributed by atoms with Crippen LogP contribution in [-0.2, 0) is 10.0 Å². The van der Waals surface area contributed by atoms with Gasteiger partial charge in [0.05, 0.1) is 11.5 Å². The summed E-state index contributed by atoms with van der Waals surface area (Å²) in [5.41, 5.74) is 0. The maximum absolute atomic E-state index is 12.8. The van der Waals surface area contributed by atoms with Crippen LogP contribution >= 0.6 is 0 Å². The van der Waals surface area contributed by atoms with Crippen LogP contribution in [0.2, 0.25) is 0 Å². The van der Waals surface area contributed by atoms with Crippen LogP contribution in [0, 0.1) is 5.92 Å². The Bertz CT molecular complexity index is 618. The maximum Gasteiger partial charge on any atom is 0.243 e. The molecule has 6 heteroatoms. The Morgan fingerprint density at radius 3 is 2.70 bits per heavy atom. The molecule has 2 aliphatic heterocycles. The highest BCUT2D eigenvalue weighted by Gasteiger charge is 2.33. The molecule has 128 valence electrons. The molecule has 0 aromatic heterocycles. The average Bonchev–Trinajstić information content (AvgIpc) is 3.10. The van der Waals surface area contributed by atoms with Gasteiger partial charge in [0.15, 0.2) is 0 Å². The van der Waals surface area contributed by atoms with Crippen molar-refractivity contribution in [2.75, 3.05) is 26.2 Å². The molecule has 1 N–H and O–H groups in total. The fourth-order valence-electron chi connectivity index (χ4n) is 3.67. The van der Waals surface area contributed by atoms with Crippen LogP contribution in [0.4, 0.5) is 0 Å². The summed E-state index contributed by atoms with van der Waals surface area (Å²) in [5, 5.41) is 3.55. The molecule has 1 aromatic rings. The molecule has 0 amide bonds. The van der Waals surface area contributed by atoms with Gasteiger partial charge in [-0.3, -0.25) is 0 Å². The first-order chi connectivity index (χ1) is 11.1. The zero-order valence-electron chi connectivity index (χ0n) is 13.7. The molecule has 2 fully saturated rings. The van der Waals surface area contributed by atoms with Crippen molar-refractivity contribution in [2.45, 2.75) is 43.5 Å². The highest BCUT2D eigenvalue weighted by molar-refractivity contribution is 7.89. The first-order valence-electron chi connectivity index (χ1n) is 8.57. The van der Waals surface area contributed by atoms with E-state index in [1.165, 1.54) is 12.8 Å². The van der Waals surface area contributed by atoms with Crippen LogP contribution in [0.25, 0.3) is 0 Å². The third-order valence-electron chi connectivity index (χ3n) is 4.92. The molecular formula is C17H26N2O3S. The Morgan fingerprint density at radius 2 is 2.04 bits per heavy atom. The van der Waals surface area contributed by atoms with E-state index >= 15 is 0 Å². The van der Waals surface area contributed by atoms with Crippen molar-refractivity contribution < 1.29 is 13.2 Å². The lowest BCUT2D eigenvalue weighted by Gasteiger charge is -2.34. The monoisotopic (exact) mass is 338 g/mol. The van der Waals surface area contributed by atoms with Crippen molar-refractivity contribution in [3.8, 4) is 5.75 Å². The van der Waals surface area contributed by atoms with Gasteiger partial charge in [-0.05, 0) is 57.2 Å². The Kier molecular flexibility index (Phi) is 5.24. The van der Waals surface area contributed by atoms with Crippen LogP contribution in [0.3, 0.4) is 0 Å². The van der Waals surface area contributed by atoms with Gasteiger partial charge in [-0.15, -0.1) is 0 Å². The second kappa shape index (κ2) is 7.20. The van der Waals surface area contributed by atoms with Gasteiger partial charge in [0, 0.05) is 25.2 Å². The van der Waals surface area contributed by atoms with Gasteiger partial charge < -0.3 is 10.1 Å². The van der Waals surface area contributed by atoms with Gasteiger partial charge in [-0.2, -0.15) is 4.31 Å². The molecule has 2 saturated heterocycles. The maximum atomic E-state index is 12.8. The summed E-state index contributed by atoms with van der Waals surface area (Å²) in [6, 6.07) is 7.40. The number of rotatable bonds is 5. The molecule has 3 rings (SSSR count). The number of hydrogen-bond donors (Lipinski definition) is 1. The van der Waals surface area contributed by atoms with Gasteiger partial charge in [0.25, 0.3) is 0 Å². The van der Waals surface area contributed by atoms with E-state index in [4.69, 9.17) is 4.74 Å². The van der Waals surface area contributed by atoms with E-state index in [2.05, 4.69) is 5.32 Å². The molecule has 2 aliphatic rings. The Balaban J connectivity index is 1.67. The van der Waals surface area contributed by atoms with Crippen LogP contribution in [0.1, 0.15) is 32.6 Å². The highest BCUT2D eigenvalue weighted by Crippen LogP contribution is 2.29. The Hall–Kier alpha value is -1.11. The summed E-state index contributed by atoms with van der Waals surface area (Å²) in [7, 11) is -3.42. The van der Waals surface area contributed by atoms with Gasteiger partial charge in [0.2, 0.25) is 10.0 Å². The molecule has 1 unspecified atom stereocenters. The lowest BCUT2D eigenvalue weighted by Crippen LogP contribution is -2.43. The minimum absolute atomic E-state index is 0.334. The predicted molar refractivity (Wildman–Crippen MR) is 90.1 cm³/mol. The molecule has 1 atom stereocenters. The summed E-state index contributed by atoms with van der Waals surface area (Å²) in [6.07, 6.45) is 4.37. The van der Waals surface area contributed by atoms with Crippen molar-refractivity contribution in [2.24, 2.45) is 5.92 Å². The number of sulfonamides is 1. The van der Waals surface area contributed by atoms with Crippen LogP contribution < -0.4 is 10.1 Å². The number of nitrogens with zero attached hydrogens (tertiary/aromatic N) is 1. The Labute approximate surface area is 139 Å². The van der Waals surface area contributed by atoms with Gasteiger partial charge in [-0.25, -0.2) is 8.42 Å². The van der Waals surface area contributed by atoms with Crippen molar-refractivity contribution in [1.29, 1.82) is 0 Å². The smallest absolute Gasteiger partial charge is 0.243 e. The topological polar surface area (TPSA) is 58.6 Å². The molecule has 1 aromatic carbocycles. The third kappa shape index (κ3) is 3.70. The van der Waals surface area contributed by atoms with Crippen molar-refractivity contribution >= 4 is 10.0 Å². The SMILES string of the molecule is CCOc1cccc(S(=O)(=O)N2CCC(C3CCCN3)CC2)c1. The van der Waals surface area contributed by atoms with E-state index in [-0.39, 0.29) is 0 Å². The molecular weight excluding hydrogens is 312 g/mol. The summed E-state index contributed by atoms with van der Waals surface area (Å²) in [5.74, 6) is 1.22. The minimum Gasteiger partial charge on any atom is -0.494 e. The molecule has 0 spiro atoms. The van der Waals surface area contributed by atoms with Gasteiger partial charge in [0.1, 0.15) is 5.75 Å². The third-order valence-corrected chi connectivity index (χ3v) is 6.81. The van der Waals surface area contributed by atoms with E-state index in [9.17, 15) is 8.42 Å². The van der Waals surface area contributed by atoms with E-state index in [0.717, 1.165) is 19.4 Å². The fraction of sp³-hybridized carbons (Fsp3) is 0.647. The van der Waals surface area contributed by atoms with Crippen molar-refractivity contribution in [3.05, 3.63) is 24.3 Å². The minimum atomic E-state index is -3.42. The summed E-state index contributed by atoms with van der Waals surface area (Å²) < 4.78 is 32.7. The lowest BCUT2D eigenvalue weighted by atomic mass is 9.89. The lowest BCUT2D eigenvalue weighted by molar-refractivity contribution is 0.234. The second-order valence-electron chi connectivity index (χ2n) is 6.35. The molecule has 0 aliphatic carbocycles. The molecule has 0 saturated carbocycles. The standard InChI is InChI=1S/C17H26N2O3S/c1-2-22-15-5-3-6-16(13-15)23(20,21)19-11-8-14(9-12-19)17-7-4-10-18-17/h3,5-6,13-14,17-18H,2,4,7-12H2,1H3. The number of hydrogen-bond acceptors (Lipinski definition) is 4. The summed E-state index contributed by atoms with van der Waals surface area (Å²) in [4.78, 5) is 0.334. The number of piperidine rings is 1. The second-order valence-corrected chi connectivity index (χ2v) is 8.29. The van der Waals surface area contributed by atoms with Crippen LogP contribution in [-0.4, -0.2) is 45.0 Å². The highest BCUT2D eigenvalue weighted by atomic mass is 32.2. The zero-order chi connectivity index (χ0) is 16.3. The predicted octanol–water partition coefficient (Wildman–Crippen LogP) is 2.24. The summed E-state index contributed by atoms with van der Waals surface area (Å²) >= 11 is 0. The summed E-state index contributed by atoms with van der Waals surface area (Å²) in [6.45, 7) is 4.76. The molecule has 0 radical (unpaired) electrons. The Morgan fingerprint density at radius 1 is 1.26 bits per heavy atom. The fourth-order valence-corrected chi connectivity index (χ4v) is 5.18. The van der Waals surface area contributed by atoms with E-state index in [1.807, 2.05) is 6.92 Å². The number of benzene rings is 1. The first-order valence-corrected chi connectivity index (χ1v) is 10.0. The molecule has 5 nitrogen and oxygen atoms in total. The zero-order valence-corrected chi connectivity index (χ0v) is 14.5. The van der Waals surface area contributed by atoms with Gasteiger partial charge in [-0.1, -0.05) is 6.07 Å². The van der Waals surface area contributed by atoms with Crippen LogP contribution in [0.15, 0.2) is 29.2 Å². The number of ether oxygens (including phenoxy) is 1. The van der Waals surface area contributed by atoms with Gasteiger partial charge >= 0.3 is 0 Å². The average molecular weight is 338 g/mol. The molecule has 23 heavy (non-hydrogen) atoms. The van der Waals surface area contributed by atoms with Crippen LogP contribution in [0.5, 0.6) is 5.75 Å². The first kappa shape index (κ1) is 16.7. The van der Waals surface area contributed by atoms with Crippen molar-refractivity contribution in [3.63, 3.8) is 0 Å². The normalized spacial score (nSPS) is 24.0. The molecule has 2 heterocycles. The quantitative estimate of drug-likeness (QED) is 0.894. The molecule has 0 bridgehead atoms. The van der Waals surface area contributed by atoms with E-state index < -0.39 is 10.0 Å². The van der Waals surface area contributed by atoms with E-state index in [0.29, 0.717) is 42.3 Å². The number of nitrogens with one attached hydrogen (secondary N) is 1. The largest absolute Gasteiger partial charge is 0.494 e.